The highest BCUT2D eigenvalue weighted by atomic mass is 16.3. The fourth-order valence-electron chi connectivity index (χ4n) is 2.69. The molecule has 1 aromatic carbocycles. The van der Waals surface area contributed by atoms with Crippen LogP contribution in [0, 0.1) is 0 Å². The number of hydrogen-bond donors (Lipinski definition) is 3. The maximum atomic E-state index is 12.2. The van der Waals surface area contributed by atoms with Crippen LogP contribution in [0.5, 0.6) is 0 Å². The lowest BCUT2D eigenvalue weighted by atomic mass is 9.95. The maximum Gasteiger partial charge on any atom is 0.240 e. The van der Waals surface area contributed by atoms with Gasteiger partial charge in [-0.2, -0.15) is 0 Å². The minimum Gasteiger partial charge on any atom is -0.390 e. The first-order valence-electron chi connectivity index (χ1n) is 6.81. The van der Waals surface area contributed by atoms with Gasteiger partial charge in [0.1, 0.15) is 0 Å². The van der Waals surface area contributed by atoms with E-state index in [1.807, 2.05) is 31.2 Å². The first-order valence-corrected chi connectivity index (χ1v) is 6.81. The van der Waals surface area contributed by atoms with Crippen molar-refractivity contribution in [2.75, 3.05) is 0 Å². The molecule has 0 saturated heterocycles. The van der Waals surface area contributed by atoms with Crippen LogP contribution in [0.2, 0.25) is 0 Å². The van der Waals surface area contributed by atoms with E-state index in [9.17, 15) is 9.90 Å². The molecular weight excluding hydrogens is 240 g/mol. The van der Waals surface area contributed by atoms with Gasteiger partial charge in [-0.3, -0.25) is 4.79 Å². The van der Waals surface area contributed by atoms with Crippen LogP contribution in [-0.4, -0.2) is 22.7 Å². The molecule has 1 aliphatic carbocycles. The minimum atomic E-state index is -0.883. The third-order valence-electron chi connectivity index (χ3n) is 3.78. The fraction of sp³-hybridized carbons (Fsp3) is 0.533. The van der Waals surface area contributed by atoms with Crippen LogP contribution in [-0.2, 0) is 11.2 Å². The number of amides is 1. The summed E-state index contributed by atoms with van der Waals surface area (Å²) in [5, 5.41) is 13.0. The van der Waals surface area contributed by atoms with Crippen LogP contribution in [0.1, 0.15) is 43.9 Å². The van der Waals surface area contributed by atoms with Crippen LogP contribution >= 0.6 is 0 Å². The minimum absolute atomic E-state index is 0.199. The molecule has 1 aliphatic rings. The molecule has 0 aromatic heterocycles. The summed E-state index contributed by atoms with van der Waals surface area (Å²) in [5.41, 5.74) is 7.23. The third kappa shape index (κ3) is 2.80. The van der Waals surface area contributed by atoms with Gasteiger partial charge in [0.25, 0.3) is 0 Å². The van der Waals surface area contributed by atoms with E-state index >= 15 is 0 Å². The van der Waals surface area contributed by atoms with E-state index in [0.717, 1.165) is 17.5 Å². The second-order valence-electron chi connectivity index (χ2n) is 5.59. The van der Waals surface area contributed by atoms with Crippen molar-refractivity contribution in [2.45, 2.75) is 50.8 Å². The SMILES string of the molecule is CCCC(C)(N)C(=O)N[C@@H]1c2ccccc2C[C@@H]1O. The standard InChI is InChI=1S/C15H22N2O2/c1-3-8-15(2,16)14(19)17-13-11-7-5-4-6-10(11)9-12(13)18/h4-7,12-13,18H,3,8-9,16H2,1-2H3,(H,17,19)/t12-,13+,15?/m0/s1. The Morgan fingerprint density at radius 1 is 1.53 bits per heavy atom. The molecule has 2 rings (SSSR count). The van der Waals surface area contributed by atoms with Crippen LogP contribution < -0.4 is 11.1 Å². The van der Waals surface area contributed by atoms with Crippen LogP contribution in [0.3, 0.4) is 0 Å². The van der Waals surface area contributed by atoms with Crippen molar-refractivity contribution in [1.82, 2.24) is 5.32 Å². The summed E-state index contributed by atoms with van der Waals surface area (Å²) in [6.07, 6.45) is 1.49. The maximum absolute atomic E-state index is 12.2. The quantitative estimate of drug-likeness (QED) is 0.765. The molecule has 0 aliphatic heterocycles. The largest absolute Gasteiger partial charge is 0.390 e. The molecule has 4 heteroatoms. The van der Waals surface area contributed by atoms with E-state index in [1.165, 1.54) is 0 Å². The molecule has 104 valence electrons. The summed E-state index contributed by atoms with van der Waals surface area (Å²) < 4.78 is 0. The molecule has 4 N–H and O–H groups in total. The zero-order valence-electron chi connectivity index (χ0n) is 11.5. The molecule has 3 atom stereocenters. The number of fused-ring (bicyclic) bond motifs is 1. The molecule has 0 spiro atoms. The number of aliphatic hydroxyl groups excluding tert-OH is 1. The lowest BCUT2D eigenvalue weighted by molar-refractivity contribution is -0.127. The van der Waals surface area contributed by atoms with Crippen molar-refractivity contribution in [2.24, 2.45) is 5.73 Å². The van der Waals surface area contributed by atoms with E-state index in [4.69, 9.17) is 5.73 Å². The predicted octanol–water partition coefficient (Wildman–Crippen LogP) is 1.28. The lowest BCUT2D eigenvalue weighted by Crippen LogP contribution is -2.53. The number of benzene rings is 1. The Morgan fingerprint density at radius 3 is 2.89 bits per heavy atom. The number of aliphatic hydroxyl groups is 1. The molecule has 0 heterocycles. The number of hydrogen-bond acceptors (Lipinski definition) is 3. The van der Waals surface area contributed by atoms with Gasteiger partial charge < -0.3 is 16.2 Å². The molecule has 0 bridgehead atoms. The van der Waals surface area contributed by atoms with Gasteiger partial charge in [0, 0.05) is 6.42 Å². The number of carbonyl (C=O) groups is 1. The van der Waals surface area contributed by atoms with Gasteiger partial charge in [-0.05, 0) is 24.5 Å². The molecule has 19 heavy (non-hydrogen) atoms. The second-order valence-corrected chi connectivity index (χ2v) is 5.59. The Kier molecular flexibility index (Phi) is 3.92. The van der Waals surface area contributed by atoms with E-state index in [1.54, 1.807) is 6.92 Å². The third-order valence-corrected chi connectivity index (χ3v) is 3.78. The average molecular weight is 262 g/mol. The fourth-order valence-corrected chi connectivity index (χ4v) is 2.69. The van der Waals surface area contributed by atoms with E-state index in [2.05, 4.69) is 5.32 Å². The normalized spacial score (nSPS) is 24.6. The highest BCUT2D eigenvalue weighted by molar-refractivity contribution is 5.86. The monoisotopic (exact) mass is 262 g/mol. The summed E-state index contributed by atoms with van der Waals surface area (Å²) in [4.78, 5) is 12.2. The molecular formula is C15H22N2O2. The highest BCUT2D eigenvalue weighted by Crippen LogP contribution is 2.31. The molecule has 0 saturated carbocycles. The predicted molar refractivity (Wildman–Crippen MR) is 74.5 cm³/mol. The Morgan fingerprint density at radius 2 is 2.21 bits per heavy atom. The van der Waals surface area contributed by atoms with Gasteiger partial charge in [-0.15, -0.1) is 0 Å². The number of carbonyl (C=O) groups excluding carboxylic acids is 1. The summed E-state index contributed by atoms with van der Waals surface area (Å²) in [5.74, 6) is -0.199. The lowest BCUT2D eigenvalue weighted by Gasteiger charge is -2.27. The Bertz CT molecular complexity index is 471. The molecule has 1 aromatic rings. The van der Waals surface area contributed by atoms with Crippen LogP contribution in [0.4, 0.5) is 0 Å². The van der Waals surface area contributed by atoms with Crippen molar-refractivity contribution < 1.29 is 9.90 Å². The van der Waals surface area contributed by atoms with Crippen LogP contribution in [0.25, 0.3) is 0 Å². The van der Waals surface area contributed by atoms with E-state index in [0.29, 0.717) is 12.8 Å². The van der Waals surface area contributed by atoms with Crippen molar-refractivity contribution in [3.8, 4) is 0 Å². The van der Waals surface area contributed by atoms with Gasteiger partial charge in [0.15, 0.2) is 0 Å². The molecule has 4 nitrogen and oxygen atoms in total. The highest BCUT2D eigenvalue weighted by Gasteiger charge is 2.35. The van der Waals surface area contributed by atoms with E-state index < -0.39 is 11.6 Å². The topological polar surface area (TPSA) is 75.4 Å². The first-order chi connectivity index (χ1) is 8.95. The summed E-state index contributed by atoms with van der Waals surface area (Å²) >= 11 is 0. The Labute approximate surface area is 114 Å². The van der Waals surface area contributed by atoms with Gasteiger partial charge in [-0.1, -0.05) is 37.6 Å². The van der Waals surface area contributed by atoms with Crippen molar-refractivity contribution in [1.29, 1.82) is 0 Å². The first kappa shape index (κ1) is 14.0. The molecule has 1 unspecified atom stereocenters. The smallest absolute Gasteiger partial charge is 0.240 e. The number of nitrogens with two attached hydrogens (primary N) is 1. The number of nitrogens with one attached hydrogen (secondary N) is 1. The summed E-state index contributed by atoms with van der Waals surface area (Å²) in [6.45, 7) is 3.73. The van der Waals surface area contributed by atoms with Crippen molar-refractivity contribution >= 4 is 5.91 Å². The summed E-state index contributed by atoms with van der Waals surface area (Å²) in [7, 11) is 0. The van der Waals surface area contributed by atoms with Gasteiger partial charge >= 0.3 is 0 Å². The van der Waals surface area contributed by atoms with Crippen LogP contribution in [0.15, 0.2) is 24.3 Å². The Hall–Kier alpha value is -1.39. The average Bonchev–Trinajstić information content (AvgIpc) is 2.66. The van der Waals surface area contributed by atoms with Gasteiger partial charge in [-0.25, -0.2) is 0 Å². The molecule has 0 radical (unpaired) electrons. The summed E-state index contributed by atoms with van der Waals surface area (Å²) in [6, 6.07) is 7.45. The van der Waals surface area contributed by atoms with Crippen molar-refractivity contribution in [3.05, 3.63) is 35.4 Å². The number of rotatable bonds is 4. The zero-order chi connectivity index (χ0) is 14.0. The Balaban J connectivity index is 2.14. The van der Waals surface area contributed by atoms with Gasteiger partial charge in [0.2, 0.25) is 5.91 Å². The van der Waals surface area contributed by atoms with Gasteiger partial charge in [0.05, 0.1) is 17.7 Å². The van der Waals surface area contributed by atoms with Crippen molar-refractivity contribution in [3.63, 3.8) is 0 Å². The zero-order valence-corrected chi connectivity index (χ0v) is 11.5. The second kappa shape index (κ2) is 5.31. The molecule has 1 amide bonds. The molecule has 0 fully saturated rings. The van der Waals surface area contributed by atoms with E-state index in [-0.39, 0.29) is 11.9 Å².